The molecule has 0 aromatic rings. The molecule has 78 heavy (non-hydrogen) atoms. The Labute approximate surface area is 485 Å². The van der Waals surface area contributed by atoms with E-state index in [-0.39, 0.29) is 19.1 Å². The molecule has 8 nitrogen and oxygen atoms in total. The Balaban J connectivity index is 3.97. The van der Waals surface area contributed by atoms with Crippen molar-refractivity contribution in [1.82, 2.24) is 5.32 Å². The number of nitrogens with one attached hydrogen (secondary N) is 1. The van der Waals surface area contributed by atoms with Gasteiger partial charge in [0.15, 0.2) is 0 Å². The molecule has 3 unspecified atom stereocenters. The third kappa shape index (κ3) is 61.8. The fourth-order valence-electron chi connectivity index (χ4n) is 10.0. The lowest BCUT2D eigenvalue weighted by atomic mass is 10.0. The largest absolute Gasteiger partial charge is 0.756 e. The lowest BCUT2D eigenvalue weighted by Crippen LogP contribution is -2.45. The minimum Gasteiger partial charge on any atom is -0.756 e. The first-order valence-electron chi connectivity index (χ1n) is 33.7. The number of phosphoric acid groups is 1. The Bertz CT molecular complexity index is 1450. The van der Waals surface area contributed by atoms with E-state index in [9.17, 15) is 19.4 Å². The summed E-state index contributed by atoms with van der Waals surface area (Å²) < 4.78 is 23.4. The summed E-state index contributed by atoms with van der Waals surface area (Å²) in [5, 5.41) is 13.9. The molecule has 3 atom stereocenters. The maximum absolute atomic E-state index is 13.0. The zero-order valence-corrected chi connectivity index (χ0v) is 53.3. The van der Waals surface area contributed by atoms with Crippen LogP contribution in [0, 0.1) is 0 Å². The summed E-state index contributed by atoms with van der Waals surface area (Å²) in [6, 6.07) is -0.886. The van der Waals surface area contributed by atoms with Crippen molar-refractivity contribution in [2.45, 2.75) is 334 Å². The molecule has 458 valence electrons. The second-order valence-corrected chi connectivity index (χ2v) is 25.6. The molecule has 1 amide bonds. The molecule has 0 heterocycles. The number of nitrogens with zero attached hydrogens (tertiary/aromatic N) is 1. The van der Waals surface area contributed by atoms with Gasteiger partial charge in [-0.15, -0.1) is 0 Å². The number of aliphatic hydroxyl groups is 1. The molecule has 0 rings (SSSR count). The molecule has 0 saturated heterocycles. The molecule has 0 spiro atoms. The third-order valence-corrected chi connectivity index (χ3v) is 16.2. The quantitative estimate of drug-likeness (QED) is 0.0272. The minimum atomic E-state index is -4.60. The van der Waals surface area contributed by atoms with Crippen molar-refractivity contribution in [3.05, 3.63) is 60.8 Å². The minimum absolute atomic E-state index is 0.000311. The van der Waals surface area contributed by atoms with Gasteiger partial charge in [0.1, 0.15) is 13.2 Å². The Kier molecular flexibility index (Phi) is 58.4. The van der Waals surface area contributed by atoms with Crippen LogP contribution in [0.5, 0.6) is 0 Å². The normalized spacial score (nSPS) is 14.1. The van der Waals surface area contributed by atoms with Crippen LogP contribution in [-0.4, -0.2) is 68.5 Å². The van der Waals surface area contributed by atoms with Crippen LogP contribution in [0.4, 0.5) is 0 Å². The van der Waals surface area contributed by atoms with Crippen LogP contribution in [0.25, 0.3) is 0 Å². The summed E-state index contributed by atoms with van der Waals surface area (Å²) in [6.45, 7) is 4.58. The van der Waals surface area contributed by atoms with Crippen molar-refractivity contribution in [2.24, 2.45) is 0 Å². The van der Waals surface area contributed by atoms with Gasteiger partial charge >= 0.3 is 0 Å². The van der Waals surface area contributed by atoms with Gasteiger partial charge < -0.3 is 28.8 Å². The van der Waals surface area contributed by atoms with Crippen LogP contribution in [-0.2, 0) is 18.4 Å². The van der Waals surface area contributed by atoms with Crippen LogP contribution < -0.4 is 10.2 Å². The Morgan fingerprint density at radius 2 is 0.782 bits per heavy atom. The number of hydrogen-bond donors (Lipinski definition) is 2. The Morgan fingerprint density at radius 3 is 1.14 bits per heavy atom. The van der Waals surface area contributed by atoms with E-state index >= 15 is 0 Å². The predicted octanol–water partition coefficient (Wildman–Crippen LogP) is 20.6. The first-order chi connectivity index (χ1) is 38.0. The van der Waals surface area contributed by atoms with E-state index in [1.54, 1.807) is 6.08 Å². The lowest BCUT2D eigenvalue weighted by molar-refractivity contribution is -0.870. The molecular formula is C69H131N2O6P. The van der Waals surface area contributed by atoms with E-state index in [0.717, 1.165) is 64.2 Å². The molecule has 0 aliphatic rings. The van der Waals surface area contributed by atoms with Gasteiger partial charge in [0.2, 0.25) is 5.91 Å². The summed E-state index contributed by atoms with van der Waals surface area (Å²) in [7, 11) is 1.27. The fraction of sp³-hybridized carbons (Fsp3) is 0.841. The van der Waals surface area contributed by atoms with Crippen molar-refractivity contribution in [3.63, 3.8) is 0 Å². The molecule has 0 aromatic heterocycles. The van der Waals surface area contributed by atoms with Gasteiger partial charge in [-0.2, -0.15) is 0 Å². The van der Waals surface area contributed by atoms with Gasteiger partial charge in [-0.1, -0.05) is 319 Å². The molecule has 0 aromatic carbocycles. The number of likely N-dealkylation sites (N-methyl/N-ethyl adjacent to an activating group) is 1. The second-order valence-electron chi connectivity index (χ2n) is 24.2. The zero-order chi connectivity index (χ0) is 57.0. The smallest absolute Gasteiger partial charge is 0.268 e. The molecule has 0 bridgehead atoms. The van der Waals surface area contributed by atoms with Gasteiger partial charge in [-0.25, -0.2) is 0 Å². The van der Waals surface area contributed by atoms with Crippen LogP contribution in [0.15, 0.2) is 60.8 Å². The summed E-state index contributed by atoms with van der Waals surface area (Å²) in [5.41, 5.74) is 0. The van der Waals surface area contributed by atoms with E-state index in [0.29, 0.717) is 17.4 Å². The highest BCUT2D eigenvalue weighted by Crippen LogP contribution is 2.38. The average molecular weight is 1120 g/mol. The number of hydrogen-bond acceptors (Lipinski definition) is 6. The van der Waals surface area contributed by atoms with Gasteiger partial charge in [0, 0.05) is 6.42 Å². The van der Waals surface area contributed by atoms with Crippen LogP contribution >= 0.6 is 7.82 Å². The van der Waals surface area contributed by atoms with Crippen LogP contribution in [0.3, 0.4) is 0 Å². The van der Waals surface area contributed by atoms with Gasteiger partial charge in [-0.3, -0.25) is 9.36 Å². The molecule has 2 N–H and O–H groups in total. The van der Waals surface area contributed by atoms with Crippen molar-refractivity contribution < 1.29 is 32.9 Å². The highest BCUT2D eigenvalue weighted by Gasteiger charge is 2.23. The van der Waals surface area contributed by atoms with Crippen LogP contribution in [0.2, 0.25) is 0 Å². The third-order valence-electron chi connectivity index (χ3n) is 15.2. The van der Waals surface area contributed by atoms with Crippen molar-refractivity contribution in [2.75, 3.05) is 40.9 Å². The van der Waals surface area contributed by atoms with E-state index in [2.05, 4.69) is 67.8 Å². The topological polar surface area (TPSA) is 108 Å². The number of carbonyl (C=O) groups excluding carboxylic acids is 1. The van der Waals surface area contributed by atoms with E-state index in [1.165, 1.54) is 238 Å². The highest BCUT2D eigenvalue weighted by molar-refractivity contribution is 7.45. The number of unbranched alkanes of at least 4 members (excludes halogenated alkanes) is 41. The van der Waals surface area contributed by atoms with Crippen molar-refractivity contribution in [1.29, 1.82) is 0 Å². The summed E-state index contributed by atoms with van der Waals surface area (Å²) in [6.07, 6.45) is 81.9. The Hall–Kier alpha value is -1.80. The van der Waals surface area contributed by atoms with Gasteiger partial charge in [0.25, 0.3) is 7.82 Å². The molecule has 0 radical (unpaired) electrons. The number of carbonyl (C=O) groups is 1. The standard InChI is InChI=1S/C69H131N2O6P/c1-6-8-10-12-14-16-18-20-22-24-26-27-28-29-30-31-32-33-34-35-36-37-38-39-40-41-42-43-45-47-49-51-53-55-57-59-61-63-69(73)70-67(66-77-78(74,75)76-65-64-71(3,4)5)68(72)62-60-58-56-54-52-50-48-46-44-25-23-21-19-17-15-13-11-9-7-2/h8,10,14,16,20,22,26-27,60,62,67-68,72H,6-7,9,11-13,15,17-19,21,23-25,28-59,61,63-66H2,1-5H3,(H-,70,73,74,75)/b10-8-,16-14-,22-20-,27-26-,62-60+. The fourth-order valence-corrected chi connectivity index (χ4v) is 10.8. The predicted molar refractivity (Wildman–Crippen MR) is 339 cm³/mol. The number of amides is 1. The number of allylic oxidation sites excluding steroid dienone is 9. The van der Waals surface area contributed by atoms with Crippen molar-refractivity contribution >= 4 is 13.7 Å². The molecule has 9 heteroatoms. The van der Waals surface area contributed by atoms with Crippen molar-refractivity contribution in [3.8, 4) is 0 Å². The number of quaternary nitrogens is 1. The van der Waals surface area contributed by atoms with E-state index in [1.807, 2.05) is 27.2 Å². The zero-order valence-electron chi connectivity index (χ0n) is 52.4. The maximum Gasteiger partial charge on any atom is 0.268 e. The number of rotatable bonds is 62. The maximum atomic E-state index is 13.0. The summed E-state index contributed by atoms with van der Waals surface area (Å²) in [4.78, 5) is 25.6. The molecular weight excluding hydrogens is 984 g/mol. The summed E-state index contributed by atoms with van der Waals surface area (Å²) in [5.74, 6) is -0.192. The second kappa shape index (κ2) is 59.8. The molecule has 0 fully saturated rings. The average Bonchev–Trinajstić information content (AvgIpc) is 3.41. The molecule has 0 aliphatic carbocycles. The number of aliphatic hydroxyl groups excluding tert-OH is 1. The first-order valence-corrected chi connectivity index (χ1v) is 35.1. The molecule has 0 aliphatic heterocycles. The SMILES string of the molecule is CC/C=C\C/C=C\C/C=C\C/C=C\CCCCCCCCCCCCCCCCCCCCCCCCCCC(=O)NC(COP(=O)([O-])OCC[N+](C)(C)C)C(O)/C=C/CCCCCCCCCCCCCCCCCCC. The van der Waals surface area contributed by atoms with Crippen LogP contribution in [0.1, 0.15) is 322 Å². The lowest BCUT2D eigenvalue weighted by Gasteiger charge is -2.29. The monoisotopic (exact) mass is 1110 g/mol. The van der Waals surface area contributed by atoms with E-state index < -0.39 is 20.0 Å². The molecule has 0 saturated carbocycles. The highest BCUT2D eigenvalue weighted by atomic mass is 31.2. The van der Waals surface area contributed by atoms with Gasteiger partial charge in [0.05, 0.1) is 39.9 Å². The Morgan fingerprint density at radius 1 is 0.462 bits per heavy atom. The summed E-state index contributed by atoms with van der Waals surface area (Å²) >= 11 is 0. The first kappa shape index (κ1) is 76.2. The van der Waals surface area contributed by atoms with E-state index in [4.69, 9.17) is 9.05 Å². The number of phosphoric ester groups is 1. The van der Waals surface area contributed by atoms with Gasteiger partial charge in [-0.05, 0) is 57.8 Å².